The molecule has 1 heterocycles. The molecule has 1 atom stereocenters. The number of nitrogens with zero attached hydrogens (tertiary/aromatic N) is 1. The van der Waals surface area contributed by atoms with Crippen molar-refractivity contribution in [3.8, 4) is 0 Å². The molecule has 0 saturated carbocycles. The minimum atomic E-state index is 0.423. The maximum Gasteiger partial charge on any atom is 0.0160 e. The van der Waals surface area contributed by atoms with Gasteiger partial charge in [0.15, 0.2) is 0 Å². The second-order valence-electron chi connectivity index (χ2n) is 4.72. The largest absolute Gasteiger partial charge is 0.330 e. The van der Waals surface area contributed by atoms with Gasteiger partial charge in [-0.05, 0) is 30.8 Å². The molecule has 2 nitrogen and oxygen atoms in total. The molecule has 0 aliphatic carbocycles. The summed E-state index contributed by atoms with van der Waals surface area (Å²) in [5.41, 5.74) is 6.21. The molecule has 0 bridgehead atoms. The molecular weight excluding hydrogens is 160 g/mol. The van der Waals surface area contributed by atoms with Gasteiger partial charge in [-0.1, -0.05) is 19.9 Å². The van der Waals surface area contributed by atoms with Gasteiger partial charge in [0.1, 0.15) is 0 Å². The van der Waals surface area contributed by atoms with E-state index in [0.29, 0.717) is 11.3 Å². The number of nitrogens with two attached hydrogens (primary N) is 1. The average molecular weight is 182 g/mol. The predicted octanol–water partition coefficient (Wildman–Crippen LogP) is 1.48. The third-order valence-electron chi connectivity index (χ3n) is 3.33. The van der Waals surface area contributed by atoms with Crippen LogP contribution >= 0.6 is 0 Å². The highest BCUT2D eigenvalue weighted by Crippen LogP contribution is 2.34. The summed E-state index contributed by atoms with van der Waals surface area (Å²) in [5, 5.41) is 0. The molecule has 0 aromatic rings. The molecule has 0 spiro atoms. The Labute approximate surface area is 81.8 Å². The van der Waals surface area contributed by atoms with Crippen molar-refractivity contribution in [1.29, 1.82) is 0 Å². The number of piperidine rings is 1. The first-order chi connectivity index (χ1) is 6.10. The molecule has 1 unspecified atom stereocenters. The van der Waals surface area contributed by atoms with Crippen molar-refractivity contribution in [2.45, 2.75) is 20.3 Å². The van der Waals surface area contributed by atoms with Gasteiger partial charge in [0.25, 0.3) is 0 Å². The molecule has 1 saturated heterocycles. The lowest BCUT2D eigenvalue weighted by Gasteiger charge is -2.43. The van der Waals surface area contributed by atoms with Crippen LogP contribution in [0.15, 0.2) is 12.7 Å². The second-order valence-corrected chi connectivity index (χ2v) is 4.72. The Kier molecular flexibility index (Phi) is 3.51. The Morgan fingerprint density at radius 3 is 2.85 bits per heavy atom. The molecule has 13 heavy (non-hydrogen) atoms. The fraction of sp³-hybridized carbons (Fsp3) is 0.818. The van der Waals surface area contributed by atoms with Crippen LogP contribution in [0.4, 0.5) is 0 Å². The maximum absolute atomic E-state index is 5.78. The Morgan fingerprint density at radius 2 is 2.31 bits per heavy atom. The molecule has 1 fully saturated rings. The monoisotopic (exact) mass is 182 g/mol. The van der Waals surface area contributed by atoms with E-state index < -0.39 is 0 Å². The fourth-order valence-corrected chi connectivity index (χ4v) is 2.04. The first-order valence-electron chi connectivity index (χ1n) is 5.13. The number of rotatable bonds is 3. The van der Waals surface area contributed by atoms with Gasteiger partial charge in [0, 0.05) is 13.1 Å². The topological polar surface area (TPSA) is 29.3 Å². The summed E-state index contributed by atoms with van der Waals surface area (Å²) in [6.07, 6.45) is 3.23. The van der Waals surface area contributed by atoms with Crippen LogP contribution in [0, 0.1) is 11.3 Å². The van der Waals surface area contributed by atoms with Gasteiger partial charge in [-0.15, -0.1) is 6.58 Å². The Bertz CT molecular complexity index is 175. The smallest absolute Gasteiger partial charge is 0.0160 e. The molecule has 0 amide bonds. The van der Waals surface area contributed by atoms with Gasteiger partial charge in [0.05, 0.1) is 0 Å². The van der Waals surface area contributed by atoms with Crippen LogP contribution in [0.25, 0.3) is 0 Å². The van der Waals surface area contributed by atoms with Crippen molar-refractivity contribution >= 4 is 0 Å². The van der Waals surface area contributed by atoms with Crippen molar-refractivity contribution in [2.75, 3.05) is 26.2 Å². The van der Waals surface area contributed by atoms with Gasteiger partial charge in [-0.3, -0.25) is 4.90 Å². The van der Waals surface area contributed by atoms with Crippen LogP contribution in [-0.4, -0.2) is 31.1 Å². The van der Waals surface area contributed by atoms with E-state index >= 15 is 0 Å². The third-order valence-corrected chi connectivity index (χ3v) is 3.33. The van der Waals surface area contributed by atoms with Crippen molar-refractivity contribution in [3.63, 3.8) is 0 Å². The van der Waals surface area contributed by atoms with Crippen LogP contribution < -0.4 is 5.73 Å². The Morgan fingerprint density at radius 1 is 1.62 bits per heavy atom. The van der Waals surface area contributed by atoms with E-state index in [1.807, 2.05) is 6.08 Å². The number of likely N-dealkylation sites (tertiary alicyclic amines) is 1. The van der Waals surface area contributed by atoms with E-state index in [-0.39, 0.29) is 0 Å². The summed E-state index contributed by atoms with van der Waals surface area (Å²) >= 11 is 0. The van der Waals surface area contributed by atoms with Gasteiger partial charge in [-0.2, -0.15) is 0 Å². The maximum atomic E-state index is 5.78. The summed E-state index contributed by atoms with van der Waals surface area (Å²) in [5.74, 6) is 0.640. The lowest BCUT2D eigenvalue weighted by atomic mass is 9.73. The molecule has 0 aromatic carbocycles. The molecule has 76 valence electrons. The summed E-state index contributed by atoms with van der Waals surface area (Å²) in [4.78, 5) is 2.44. The lowest BCUT2D eigenvalue weighted by Crippen LogP contribution is -2.47. The number of hydrogen-bond acceptors (Lipinski definition) is 2. The first-order valence-corrected chi connectivity index (χ1v) is 5.13. The zero-order valence-corrected chi connectivity index (χ0v) is 8.92. The molecule has 1 rings (SSSR count). The minimum absolute atomic E-state index is 0.423. The van der Waals surface area contributed by atoms with Gasteiger partial charge in [-0.25, -0.2) is 0 Å². The predicted molar refractivity (Wildman–Crippen MR) is 57.6 cm³/mol. The zero-order valence-electron chi connectivity index (χ0n) is 8.92. The van der Waals surface area contributed by atoms with E-state index in [1.54, 1.807) is 0 Å². The van der Waals surface area contributed by atoms with Crippen LogP contribution in [0.3, 0.4) is 0 Å². The highest BCUT2D eigenvalue weighted by molar-refractivity contribution is 4.89. The summed E-state index contributed by atoms with van der Waals surface area (Å²) in [6, 6.07) is 0. The van der Waals surface area contributed by atoms with Crippen molar-refractivity contribution < 1.29 is 0 Å². The second kappa shape index (κ2) is 4.25. The van der Waals surface area contributed by atoms with Gasteiger partial charge >= 0.3 is 0 Å². The van der Waals surface area contributed by atoms with Crippen LogP contribution in [-0.2, 0) is 0 Å². The van der Waals surface area contributed by atoms with Crippen molar-refractivity contribution in [1.82, 2.24) is 4.90 Å². The van der Waals surface area contributed by atoms with E-state index in [9.17, 15) is 0 Å². The van der Waals surface area contributed by atoms with Crippen LogP contribution in [0.2, 0.25) is 0 Å². The lowest BCUT2D eigenvalue weighted by molar-refractivity contribution is 0.0727. The molecule has 2 heteroatoms. The van der Waals surface area contributed by atoms with Gasteiger partial charge in [0.2, 0.25) is 0 Å². The van der Waals surface area contributed by atoms with E-state index in [2.05, 4.69) is 25.3 Å². The highest BCUT2D eigenvalue weighted by Gasteiger charge is 2.33. The minimum Gasteiger partial charge on any atom is -0.330 e. The number of hydrogen-bond donors (Lipinski definition) is 1. The van der Waals surface area contributed by atoms with Crippen LogP contribution in [0.5, 0.6) is 0 Å². The normalized spacial score (nSPS) is 28.7. The van der Waals surface area contributed by atoms with E-state index in [4.69, 9.17) is 5.73 Å². The van der Waals surface area contributed by atoms with E-state index in [1.165, 1.54) is 13.0 Å². The van der Waals surface area contributed by atoms with Crippen molar-refractivity contribution in [2.24, 2.45) is 17.1 Å². The third kappa shape index (κ3) is 2.55. The van der Waals surface area contributed by atoms with Crippen molar-refractivity contribution in [3.05, 3.63) is 12.7 Å². The Hall–Kier alpha value is -0.340. The van der Waals surface area contributed by atoms with Crippen LogP contribution in [0.1, 0.15) is 20.3 Å². The Balaban J connectivity index is 2.52. The van der Waals surface area contributed by atoms with E-state index in [0.717, 1.165) is 19.6 Å². The SMILES string of the molecule is C=CCN1CCC(C)(C)C(CN)C1. The molecular formula is C11H22N2. The summed E-state index contributed by atoms with van der Waals surface area (Å²) in [6.45, 7) is 12.6. The molecule has 0 radical (unpaired) electrons. The highest BCUT2D eigenvalue weighted by atomic mass is 15.1. The summed E-state index contributed by atoms with van der Waals surface area (Å²) in [7, 11) is 0. The first kappa shape index (κ1) is 10.7. The standard InChI is InChI=1S/C11H22N2/c1-4-6-13-7-5-11(2,3)10(8-12)9-13/h4,10H,1,5-9,12H2,2-3H3. The quantitative estimate of drug-likeness (QED) is 0.670. The summed E-state index contributed by atoms with van der Waals surface area (Å²) < 4.78 is 0. The molecule has 0 aromatic heterocycles. The zero-order chi connectivity index (χ0) is 9.90. The molecule has 1 aliphatic heterocycles. The van der Waals surface area contributed by atoms with Gasteiger partial charge < -0.3 is 5.73 Å². The fourth-order valence-electron chi connectivity index (χ4n) is 2.04. The molecule has 1 aliphatic rings. The molecule has 2 N–H and O–H groups in total. The average Bonchev–Trinajstić information content (AvgIpc) is 2.08.